The summed E-state index contributed by atoms with van der Waals surface area (Å²) in [5.74, 6) is -0.0462. The van der Waals surface area contributed by atoms with Gasteiger partial charge in [0, 0.05) is 27.7 Å². The first-order chi connectivity index (χ1) is 9.24. The smallest absolute Gasteiger partial charge is 0.193 e. The lowest BCUT2D eigenvalue weighted by atomic mass is 10.0. The Morgan fingerprint density at radius 3 is 2.63 bits per heavy atom. The van der Waals surface area contributed by atoms with Gasteiger partial charge in [0.1, 0.15) is 0 Å². The molecule has 92 valence electrons. The first-order valence-corrected chi connectivity index (χ1v) is 6.27. The molecule has 0 aliphatic rings. The number of carbonyl (C=O) groups excluding carboxylic acids is 1. The van der Waals surface area contributed by atoms with Crippen LogP contribution in [-0.2, 0) is 0 Å². The Balaban J connectivity index is 2.06. The van der Waals surface area contributed by atoms with Gasteiger partial charge in [-0.3, -0.25) is 9.78 Å². The van der Waals surface area contributed by atoms with Crippen LogP contribution in [0.1, 0.15) is 15.9 Å². The Kier molecular flexibility index (Phi) is 3.02. The van der Waals surface area contributed by atoms with Crippen molar-refractivity contribution >= 4 is 28.3 Å². The Bertz CT molecular complexity index is 767. The third-order valence-corrected chi connectivity index (χ3v) is 3.19. The highest BCUT2D eigenvalue weighted by atomic mass is 35.5. The number of nitrogens with zero attached hydrogens (tertiary/aromatic N) is 1. The van der Waals surface area contributed by atoms with Gasteiger partial charge in [0.25, 0.3) is 0 Å². The molecule has 0 bridgehead atoms. The summed E-state index contributed by atoms with van der Waals surface area (Å²) >= 11 is 5.91. The molecular formula is C16H10ClNO. The fraction of sp³-hybridized carbons (Fsp3) is 0. The van der Waals surface area contributed by atoms with Gasteiger partial charge in [0.2, 0.25) is 0 Å². The summed E-state index contributed by atoms with van der Waals surface area (Å²) in [5, 5.41) is 1.58. The molecule has 0 saturated carbocycles. The number of rotatable bonds is 2. The zero-order chi connectivity index (χ0) is 13.2. The molecule has 19 heavy (non-hydrogen) atoms. The van der Waals surface area contributed by atoms with Crippen molar-refractivity contribution in [1.29, 1.82) is 0 Å². The monoisotopic (exact) mass is 267 g/mol. The van der Waals surface area contributed by atoms with Gasteiger partial charge in [-0.25, -0.2) is 0 Å². The second-order valence-electron chi connectivity index (χ2n) is 4.25. The zero-order valence-electron chi connectivity index (χ0n) is 10.0. The maximum Gasteiger partial charge on any atom is 0.193 e. The van der Waals surface area contributed by atoms with Crippen molar-refractivity contribution in [2.24, 2.45) is 0 Å². The number of pyridine rings is 1. The average molecular weight is 268 g/mol. The number of ketones is 1. The highest BCUT2D eigenvalue weighted by molar-refractivity contribution is 6.31. The molecule has 2 aromatic carbocycles. The maximum atomic E-state index is 12.4. The van der Waals surface area contributed by atoms with E-state index in [2.05, 4.69) is 4.98 Å². The lowest BCUT2D eigenvalue weighted by Crippen LogP contribution is -2.01. The molecule has 0 saturated heterocycles. The van der Waals surface area contributed by atoms with Crippen molar-refractivity contribution in [3.63, 3.8) is 0 Å². The second-order valence-corrected chi connectivity index (χ2v) is 4.69. The minimum atomic E-state index is -0.0462. The van der Waals surface area contributed by atoms with Gasteiger partial charge in [-0.1, -0.05) is 41.9 Å². The first kappa shape index (κ1) is 11.9. The van der Waals surface area contributed by atoms with Crippen LogP contribution >= 0.6 is 11.6 Å². The number of hydrogen-bond donors (Lipinski definition) is 0. The lowest BCUT2D eigenvalue weighted by Gasteiger charge is -2.03. The molecule has 1 heterocycles. The van der Waals surface area contributed by atoms with Crippen molar-refractivity contribution in [3.8, 4) is 0 Å². The molecule has 3 aromatic rings. The van der Waals surface area contributed by atoms with Crippen LogP contribution in [0.2, 0.25) is 5.02 Å². The van der Waals surface area contributed by atoms with Crippen LogP contribution in [-0.4, -0.2) is 10.8 Å². The lowest BCUT2D eigenvalue weighted by molar-refractivity contribution is 0.103. The van der Waals surface area contributed by atoms with E-state index in [1.54, 1.807) is 36.5 Å². The van der Waals surface area contributed by atoms with E-state index in [9.17, 15) is 4.79 Å². The van der Waals surface area contributed by atoms with Crippen LogP contribution in [0.25, 0.3) is 10.9 Å². The summed E-state index contributed by atoms with van der Waals surface area (Å²) in [6, 6.07) is 16.3. The predicted molar refractivity (Wildman–Crippen MR) is 76.6 cm³/mol. The van der Waals surface area contributed by atoms with Crippen LogP contribution in [0.5, 0.6) is 0 Å². The molecule has 0 spiro atoms. The van der Waals surface area contributed by atoms with Crippen molar-refractivity contribution in [3.05, 3.63) is 76.9 Å². The Labute approximate surface area is 115 Å². The van der Waals surface area contributed by atoms with E-state index in [-0.39, 0.29) is 5.78 Å². The Hall–Kier alpha value is -2.19. The molecule has 3 heteroatoms. The van der Waals surface area contributed by atoms with Crippen LogP contribution in [0.15, 0.2) is 60.8 Å². The molecule has 0 aliphatic carbocycles. The summed E-state index contributed by atoms with van der Waals surface area (Å²) in [4.78, 5) is 16.6. The van der Waals surface area contributed by atoms with Gasteiger partial charge in [-0.15, -0.1) is 0 Å². The van der Waals surface area contributed by atoms with Gasteiger partial charge in [-0.2, -0.15) is 0 Å². The van der Waals surface area contributed by atoms with Crippen molar-refractivity contribution in [2.45, 2.75) is 0 Å². The SMILES string of the molecule is O=C(c1cccc(Cl)c1)c1ccc2cccnc2c1. The summed E-state index contributed by atoms with van der Waals surface area (Å²) in [6.45, 7) is 0. The van der Waals surface area contributed by atoms with Gasteiger partial charge >= 0.3 is 0 Å². The van der Waals surface area contributed by atoms with E-state index in [0.29, 0.717) is 16.1 Å². The standard InChI is InChI=1S/C16H10ClNO/c17-14-5-1-3-12(9-14)16(19)13-7-6-11-4-2-8-18-15(11)10-13/h1-10H. The Morgan fingerprint density at radius 2 is 1.79 bits per heavy atom. The van der Waals surface area contributed by atoms with E-state index in [1.807, 2.05) is 24.3 Å². The molecule has 2 nitrogen and oxygen atoms in total. The van der Waals surface area contributed by atoms with Crippen LogP contribution in [0.3, 0.4) is 0 Å². The number of benzene rings is 2. The third-order valence-electron chi connectivity index (χ3n) is 2.95. The summed E-state index contributed by atoms with van der Waals surface area (Å²) in [5.41, 5.74) is 2.02. The van der Waals surface area contributed by atoms with E-state index < -0.39 is 0 Å². The van der Waals surface area contributed by atoms with E-state index in [1.165, 1.54) is 0 Å². The molecule has 0 amide bonds. The minimum absolute atomic E-state index is 0.0462. The van der Waals surface area contributed by atoms with Gasteiger partial charge in [-0.05, 0) is 24.3 Å². The van der Waals surface area contributed by atoms with E-state index >= 15 is 0 Å². The van der Waals surface area contributed by atoms with Gasteiger partial charge in [0.05, 0.1) is 5.52 Å². The van der Waals surface area contributed by atoms with Gasteiger partial charge < -0.3 is 0 Å². The molecular weight excluding hydrogens is 258 g/mol. The van der Waals surface area contributed by atoms with Crippen LogP contribution in [0, 0.1) is 0 Å². The zero-order valence-corrected chi connectivity index (χ0v) is 10.8. The summed E-state index contributed by atoms with van der Waals surface area (Å²) in [7, 11) is 0. The topological polar surface area (TPSA) is 30.0 Å². The fourth-order valence-corrected chi connectivity index (χ4v) is 2.19. The van der Waals surface area contributed by atoms with E-state index in [4.69, 9.17) is 11.6 Å². The molecule has 0 radical (unpaired) electrons. The normalized spacial score (nSPS) is 10.6. The highest BCUT2D eigenvalue weighted by Crippen LogP contribution is 2.18. The number of hydrogen-bond acceptors (Lipinski definition) is 2. The van der Waals surface area contributed by atoms with Crippen molar-refractivity contribution < 1.29 is 4.79 Å². The third kappa shape index (κ3) is 2.35. The Morgan fingerprint density at radius 1 is 0.947 bits per heavy atom. The number of carbonyl (C=O) groups is 1. The summed E-state index contributed by atoms with van der Waals surface area (Å²) in [6.07, 6.45) is 1.72. The molecule has 3 rings (SSSR count). The largest absolute Gasteiger partial charge is 0.289 e. The average Bonchev–Trinajstić information content (AvgIpc) is 2.46. The molecule has 0 unspecified atom stereocenters. The molecule has 0 N–H and O–H groups in total. The maximum absolute atomic E-state index is 12.4. The molecule has 0 atom stereocenters. The van der Waals surface area contributed by atoms with E-state index in [0.717, 1.165) is 10.9 Å². The number of fused-ring (bicyclic) bond motifs is 1. The van der Waals surface area contributed by atoms with Crippen LogP contribution < -0.4 is 0 Å². The minimum Gasteiger partial charge on any atom is -0.289 e. The molecule has 0 fully saturated rings. The number of aromatic nitrogens is 1. The van der Waals surface area contributed by atoms with Crippen LogP contribution in [0.4, 0.5) is 0 Å². The summed E-state index contributed by atoms with van der Waals surface area (Å²) < 4.78 is 0. The van der Waals surface area contributed by atoms with Gasteiger partial charge in [0.15, 0.2) is 5.78 Å². The quantitative estimate of drug-likeness (QED) is 0.654. The molecule has 1 aromatic heterocycles. The van der Waals surface area contributed by atoms with Crippen molar-refractivity contribution in [1.82, 2.24) is 4.98 Å². The first-order valence-electron chi connectivity index (χ1n) is 5.89. The number of halogens is 1. The highest BCUT2D eigenvalue weighted by Gasteiger charge is 2.10. The molecule has 0 aliphatic heterocycles. The van der Waals surface area contributed by atoms with Crippen molar-refractivity contribution in [2.75, 3.05) is 0 Å². The predicted octanol–water partition coefficient (Wildman–Crippen LogP) is 4.12. The fourth-order valence-electron chi connectivity index (χ4n) is 2.00. The second kappa shape index (κ2) is 4.82.